The summed E-state index contributed by atoms with van der Waals surface area (Å²) in [6.07, 6.45) is 9.44. The standard InChI is InChI=1S/C13H23NO3.C12H21NO4.C12H21NO3.C11H19NO5.C11H21NO3.C11H19NO3.C6H15ClSi.C5H9N2O4P.C4H8O.C2H3N.B.Li.H/c1-10-8-11(6-7-16-5)14(9-10)12(15)17-13(2,3)4;1-8-6-9(10(14)16-5)13(7-8)11(15)17-12(2,3)4;1-9-7-10(5-6-14)13(8-9)11(15)16-12(2,3)4;1-11(2,3)17-10(15)12-6-7(13)5-8(12)9(14)16-4;2*1-8-5-9(7-13)12(6-8)10(14)15-11(2,3)4;1-6(2,3)8(4,5)7;1-4(8)5(7-6)12(9,10-2)11-3;1-2-4-5-3-1;1-2-3;;;/h6-7,10-11H,8-9H2,1-5H3;8-9H,6-7H2,1-5H3;6,9-10H,5,7-8H2,1-4H3;7-8,13H,5-6H2,1-4H3;8-9,13H,5-7H2,1-4H3;7-9H,5-6H2,1-4H3;1-5H3;1-3H3;1-4H2;1H3;;;/q;;;;;;;;;;;+1;-1/t10-,11?;8-,9+;9-,10?;7-,8+;2*8-,9+;;;;;;;/m111111......./s1. The maximum Gasteiger partial charge on any atom is 1.00 e. The smallest absolute Gasteiger partial charge is 1.00 e. The summed E-state index contributed by atoms with van der Waals surface area (Å²) in [4.78, 5) is 138. The molecule has 0 aromatic rings. The number of halogens is 1. The zero-order valence-corrected chi connectivity index (χ0v) is 86.2. The molecule has 3 radical (unpaired) electrons. The first-order valence-electron chi connectivity index (χ1n) is 42.5. The largest absolute Gasteiger partial charge is 1.00 e. The molecule has 127 heavy (non-hydrogen) atoms. The Labute approximate surface area is 780 Å². The number of rotatable bonds is 12. The van der Waals surface area contributed by atoms with Gasteiger partial charge in [-0.3, -0.25) is 19.5 Å². The third-order valence-electron chi connectivity index (χ3n) is 18.8. The zero-order chi connectivity index (χ0) is 98.1. The molecule has 0 saturated carbocycles. The number of methoxy groups -OCH3 is 3. The van der Waals surface area contributed by atoms with Crippen molar-refractivity contribution in [2.75, 3.05) is 94.6 Å². The molecule has 7 aliphatic heterocycles. The minimum absolute atomic E-state index is 0. The van der Waals surface area contributed by atoms with Gasteiger partial charge in [0.25, 0.3) is 0 Å². The molecule has 12 atom stereocenters. The normalized spacial score (nSPS) is 22.4. The number of aliphatic hydroxyl groups excluding tert-OH is 2. The van der Waals surface area contributed by atoms with Gasteiger partial charge in [0.15, 0.2) is 7.38 Å². The van der Waals surface area contributed by atoms with Crippen LogP contribution < -0.4 is 18.9 Å². The van der Waals surface area contributed by atoms with Gasteiger partial charge in [-0.1, -0.05) is 68.5 Å². The molecule has 7 aliphatic rings. The average molecular weight is 1860 g/mol. The van der Waals surface area contributed by atoms with E-state index in [2.05, 4.69) is 73.2 Å². The fraction of sp³-hybridized carbons (Fsp3) is 0.828. The summed E-state index contributed by atoms with van der Waals surface area (Å²) >= 11 is 6.15. The molecule has 7 rings (SSSR count). The second kappa shape index (κ2) is 59.6. The number of ketones is 1. The van der Waals surface area contributed by atoms with Crippen LogP contribution in [-0.4, -0.2) is 303 Å². The van der Waals surface area contributed by atoms with E-state index >= 15 is 0 Å². The van der Waals surface area contributed by atoms with E-state index in [0.29, 0.717) is 67.7 Å². The Morgan fingerprint density at radius 2 is 0.819 bits per heavy atom. The molecule has 2 unspecified atom stereocenters. The van der Waals surface area contributed by atoms with Gasteiger partial charge in [0.05, 0.1) is 71.0 Å². The van der Waals surface area contributed by atoms with Crippen molar-refractivity contribution < 1.29 is 149 Å². The molecule has 0 spiro atoms. The molecule has 0 bridgehead atoms. The van der Waals surface area contributed by atoms with Crippen molar-refractivity contribution in [3.63, 3.8) is 0 Å². The molecule has 2 N–H and O–H groups in total. The van der Waals surface area contributed by atoms with Gasteiger partial charge < -0.3 is 97.9 Å². The summed E-state index contributed by atoms with van der Waals surface area (Å²) in [5.74, 6) is 0.456. The summed E-state index contributed by atoms with van der Waals surface area (Å²) < 4.78 is 71.0. The van der Waals surface area contributed by atoms with Gasteiger partial charge in [0, 0.05) is 101 Å². The van der Waals surface area contributed by atoms with Crippen LogP contribution in [0.2, 0.25) is 18.1 Å². The van der Waals surface area contributed by atoms with Crippen LogP contribution in [0.4, 0.5) is 28.8 Å². The molecule has 729 valence electrons. The van der Waals surface area contributed by atoms with E-state index in [4.69, 9.17) is 69.6 Å². The Balaban J connectivity index is -0.000000329. The van der Waals surface area contributed by atoms with Crippen molar-refractivity contribution in [3.8, 4) is 6.07 Å². The molecule has 7 saturated heterocycles. The van der Waals surface area contributed by atoms with Crippen LogP contribution in [0.3, 0.4) is 0 Å². The Morgan fingerprint density at radius 1 is 0.528 bits per heavy atom. The number of Topliss-reactive ketones (excluding diaryl/α,β-unsaturated/α-hetero) is 1. The molecule has 0 aliphatic carbocycles. The third-order valence-corrected chi connectivity index (χ3v) is 25.9. The molecular weight excluding hydrogens is 1700 g/mol. The second-order valence-corrected chi connectivity index (χ2v) is 48.7. The summed E-state index contributed by atoms with van der Waals surface area (Å²) in [6.45, 7) is 62.0. The average Bonchev–Trinajstić information content (AvgIpc) is 1.65. The number of carbonyl (C=O) groups excluding carboxylic acids is 11. The maximum absolute atomic E-state index is 12.0. The van der Waals surface area contributed by atoms with Crippen molar-refractivity contribution in [1.82, 2.24) is 29.4 Å². The van der Waals surface area contributed by atoms with Crippen LogP contribution in [0.15, 0.2) is 12.3 Å². The van der Waals surface area contributed by atoms with E-state index in [0.717, 1.165) is 79.2 Å². The fourth-order valence-electron chi connectivity index (χ4n) is 12.3. The van der Waals surface area contributed by atoms with Gasteiger partial charge in [0.1, 0.15) is 58.3 Å². The molecular formula is C87H160BClLiN9O26PSi. The van der Waals surface area contributed by atoms with Crippen LogP contribution in [0.5, 0.6) is 0 Å². The predicted molar refractivity (Wildman–Crippen MR) is 486 cm³/mol. The van der Waals surface area contributed by atoms with Gasteiger partial charge in [-0.05, 0) is 210 Å². The third kappa shape index (κ3) is 53.9. The van der Waals surface area contributed by atoms with E-state index in [1.165, 1.54) is 48.7 Å². The van der Waals surface area contributed by atoms with E-state index in [9.17, 15) is 62.4 Å². The Kier molecular flexibility index (Phi) is 60.3. The number of β-amino-alcohol motifs (C(OH)–C–C–N with tert-alkyl or cyclic N) is 1. The molecule has 0 aromatic heterocycles. The van der Waals surface area contributed by atoms with E-state index in [1.54, 1.807) is 75.7 Å². The van der Waals surface area contributed by atoms with Gasteiger partial charge in [-0.25, -0.2) is 42.9 Å². The van der Waals surface area contributed by atoms with Crippen LogP contribution in [0, 0.1) is 40.9 Å². The van der Waals surface area contributed by atoms with E-state index < -0.39 is 96.2 Å². The number of likely N-dealkylation sites (tertiary alicyclic amines) is 6. The molecule has 7 heterocycles. The number of esters is 2. The Bertz CT molecular complexity index is 3440. The van der Waals surface area contributed by atoms with Gasteiger partial charge in [0.2, 0.25) is 5.78 Å². The number of aliphatic hydroxyl groups is 2. The number of nitrogens with zero attached hydrogens (tertiary/aromatic N) is 9. The van der Waals surface area contributed by atoms with Crippen LogP contribution >= 0.6 is 18.7 Å². The molecule has 6 amide bonds. The summed E-state index contributed by atoms with van der Waals surface area (Å²) in [6, 6.07) is 0.196. The van der Waals surface area contributed by atoms with Crippen molar-refractivity contribution >= 4 is 107 Å². The minimum atomic E-state index is -3.70. The van der Waals surface area contributed by atoms with Gasteiger partial charge >= 0.3 is 80.4 Å². The fourth-order valence-corrected chi connectivity index (χ4v) is 13.3. The monoisotopic (exact) mass is 1860 g/mol. The van der Waals surface area contributed by atoms with E-state index in [1.807, 2.05) is 103 Å². The van der Waals surface area contributed by atoms with Crippen LogP contribution in [0.25, 0.3) is 5.53 Å². The first-order chi connectivity index (χ1) is 57.0. The first-order valence-corrected chi connectivity index (χ1v) is 48.1. The number of hydrogen-bond acceptors (Lipinski definition) is 27. The molecule has 0 aromatic carbocycles. The summed E-state index contributed by atoms with van der Waals surface area (Å²) in [7, 11) is 1.29. The predicted octanol–water partition coefficient (Wildman–Crippen LogP) is 12.8. The van der Waals surface area contributed by atoms with Crippen LogP contribution in [0.1, 0.15) is 253 Å². The minimum Gasteiger partial charge on any atom is -1.00 e. The maximum atomic E-state index is 12.0. The second-order valence-electron chi connectivity index (χ2n) is 39.3. The number of ether oxygens (including phenoxy) is 10. The van der Waals surface area contributed by atoms with Crippen molar-refractivity contribution in [3.05, 3.63) is 17.9 Å². The van der Waals surface area contributed by atoms with Gasteiger partial charge in [-0.2, -0.15) is 21.1 Å². The SMILES string of the molecule is C1CCOC1.CC#N.CC(C)(C)[Si](C)(C)Cl.COC(=O)[C@@H]1C[C@@H](C)CN1C(=O)OC(C)(C)C.COC(=O)[C@@H]1C[C@@H](O)CN1C(=O)OC(C)(C)C.COC=CC1C[C@@H](C)CN1C(=O)OC(C)(C)C.COP(=O)(OC)C(=[N+]=[N-])C(C)=O.C[C@@H]1CC(CC=O)N(C(=O)OC(C)(C)C)C1.C[C@@H]1C[C@@H](C=O)N(C(=O)OC(C)(C)C)C1.C[C@@H]1C[C@@H](CO)N(C(=O)OC(C)(C)C)C1.[B].[H-].[Li+]. The Morgan fingerprint density at radius 3 is 1.10 bits per heavy atom. The van der Waals surface area contributed by atoms with Crippen LogP contribution in [-0.2, 0) is 85.0 Å². The van der Waals surface area contributed by atoms with Crippen molar-refractivity contribution in [2.24, 2.45) is 29.6 Å². The van der Waals surface area contributed by atoms with Gasteiger partial charge in [-0.15, -0.1) is 0 Å². The zero-order valence-electron chi connectivity index (χ0n) is 84.6. The summed E-state index contributed by atoms with van der Waals surface area (Å²) in [5, 5.41) is 26.3. The number of hydrogen-bond donors (Lipinski definition) is 2. The Hall–Kier alpha value is -6.82. The van der Waals surface area contributed by atoms with E-state index in [-0.39, 0.29) is 109 Å². The molecule has 35 nitrogen and oxygen atoms in total. The first kappa shape index (κ1) is 129. The van der Waals surface area contributed by atoms with Crippen molar-refractivity contribution in [1.29, 1.82) is 5.26 Å². The molecule has 40 heteroatoms. The van der Waals surface area contributed by atoms with Crippen molar-refractivity contribution in [2.45, 2.75) is 346 Å². The number of nitriles is 1. The quantitative estimate of drug-likeness (QED) is 0.0175. The number of carbonyl (C=O) groups is 11. The topological polar surface area (TPSA) is 436 Å². The summed E-state index contributed by atoms with van der Waals surface area (Å²) in [5.41, 5.74) is 4.64. The number of amides is 6. The molecule has 7 fully saturated rings. The number of aldehydes is 2.